The van der Waals surface area contributed by atoms with E-state index in [1.807, 2.05) is 49.7 Å². The van der Waals surface area contributed by atoms with Crippen molar-refractivity contribution in [3.63, 3.8) is 0 Å². The van der Waals surface area contributed by atoms with Crippen LogP contribution in [0.4, 0.5) is 0 Å². The van der Waals surface area contributed by atoms with Crippen molar-refractivity contribution in [3.05, 3.63) is 69.1 Å². The minimum absolute atomic E-state index is 0.969. The number of rotatable bonds is 2. The predicted octanol–water partition coefficient (Wildman–Crippen LogP) is 1.17. The fraction of sp³-hybridized carbons (Fsp3) is 0.0769. The molecule has 0 N–H and O–H groups in total. The average molecular weight is 356 g/mol. The maximum atomic E-state index is 7.50. The zero-order valence-corrected chi connectivity index (χ0v) is 12.3. The van der Waals surface area contributed by atoms with Crippen LogP contribution < -0.4 is 0 Å². The van der Waals surface area contributed by atoms with Crippen LogP contribution in [-0.2, 0) is 47.4 Å². The van der Waals surface area contributed by atoms with Gasteiger partial charge in [-0.2, -0.15) is 0 Å². The molecule has 102 valence electrons. The molecular formula is C13H8MoO6. The third-order valence-electron chi connectivity index (χ3n) is 1.19. The second kappa shape index (κ2) is 43.2. The Morgan fingerprint density at radius 3 is 1.35 bits per heavy atom. The minimum atomic E-state index is 0.969. The molecule has 1 aromatic rings. The summed E-state index contributed by atoms with van der Waals surface area (Å²) >= 11 is 1.88. The standard InChI is InChI=1S/C8H8O.5CO.Mo/c1-9-7-8-5-3-2-4-6-8;5*1-2;/h2-6H,1H3;;;;;;. The quantitative estimate of drug-likeness (QED) is 0.442. The monoisotopic (exact) mass is 358 g/mol. The van der Waals surface area contributed by atoms with Crippen molar-refractivity contribution >= 4 is 4.08 Å². The Hall–Kier alpha value is -1.56. The Bertz CT molecular complexity index is 368. The van der Waals surface area contributed by atoms with Gasteiger partial charge in [0.15, 0.2) is 0 Å². The van der Waals surface area contributed by atoms with Crippen LogP contribution in [0.5, 0.6) is 0 Å². The zero-order valence-electron chi connectivity index (χ0n) is 10.2. The van der Waals surface area contributed by atoms with Crippen molar-refractivity contribution in [2.24, 2.45) is 0 Å². The van der Waals surface area contributed by atoms with Crippen LogP contribution in [0.25, 0.3) is 0 Å². The molecule has 7 heteroatoms. The summed E-state index contributed by atoms with van der Waals surface area (Å²) in [6, 6.07) is 10.1. The van der Waals surface area contributed by atoms with Crippen LogP contribution in [0.1, 0.15) is 5.56 Å². The molecule has 1 rings (SSSR count). The maximum absolute atomic E-state index is 7.50. The molecular weight excluding hydrogens is 348 g/mol. The molecule has 0 fully saturated rings. The summed E-state index contributed by atoms with van der Waals surface area (Å²) in [5.41, 5.74) is 1.15. The van der Waals surface area contributed by atoms with Gasteiger partial charge in [0.25, 0.3) is 0 Å². The molecule has 0 saturated carbocycles. The Morgan fingerprint density at radius 2 is 1.10 bits per heavy atom. The SMILES string of the molecule is CO[C](=[Mo])c1ccccc1.[C-]#[O+].[C-]#[O+].[C-]#[O+].[C-]#[O+].[C-]#[O+]. The van der Waals surface area contributed by atoms with E-state index in [0.29, 0.717) is 0 Å². The second-order valence-corrected chi connectivity index (χ2v) is 2.77. The first kappa shape index (κ1) is 31.0. The van der Waals surface area contributed by atoms with Gasteiger partial charge in [0.1, 0.15) is 0 Å². The number of hydrogen-bond acceptors (Lipinski definition) is 1. The number of benzene rings is 1. The summed E-state index contributed by atoms with van der Waals surface area (Å²) in [6.07, 6.45) is 0. The Morgan fingerprint density at radius 1 is 0.800 bits per heavy atom. The van der Waals surface area contributed by atoms with Gasteiger partial charge in [-0.05, 0) is 0 Å². The van der Waals surface area contributed by atoms with E-state index in [1.54, 1.807) is 7.11 Å². The first-order valence-electron chi connectivity index (χ1n) is 4.00. The van der Waals surface area contributed by atoms with Crippen molar-refractivity contribution in [2.45, 2.75) is 0 Å². The molecule has 0 aliphatic heterocycles. The number of methoxy groups -OCH3 is 1. The second-order valence-electron chi connectivity index (χ2n) is 1.86. The molecule has 0 spiro atoms. The van der Waals surface area contributed by atoms with Crippen molar-refractivity contribution < 1.29 is 47.4 Å². The van der Waals surface area contributed by atoms with Crippen molar-refractivity contribution in [3.8, 4) is 0 Å². The van der Waals surface area contributed by atoms with Crippen LogP contribution >= 0.6 is 0 Å². The van der Waals surface area contributed by atoms with Gasteiger partial charge >= 0.3 is 128 Å². The van der Waals surface area contributed by atoms with E-state index >= 15 is 0 Å². The molecule has 0 radical (unpaired) electrons. The normalized spacial score (nSPS) is 5.15. The van der Waals surface area contributed by atoms with E-state index in [4.69, 9.17) is 28.0 Å². The summed E-state index contributed by atoms with van der Waals surface area (Å²) in [5, 5.41) is 0. The third-order valence-corrected chi connectivity index (χ3v) is 2.18. The van der Waals surface area contributed by atoms with Gasteiger partial charge in [-0.1, -0.05) is 0 Å². The van der Waals surface area contributed by atoms with Crippen LogP contribution in [-0.4, -0.2) is 11.2 Å². The Balaban J connectivity index is -0.0000000639. The fourth-order valence-electron chi connectivity index (χ4n) is 0.692. The third kappa shape index (κ3) is 25.3. The average Bonchev–Trinajstić information content (AvgIpc) is 2.63. The van der Waals surface area contributed by atoms with Crippen LogP contribution in [0.2, 0.25) is 0 Å². The molecule has 1 aromatic carbocycles. The number of hydrogen-bond donors (Lipinski definition) is 0. The molecule has 6 nitrogen and oxygen atoms in total. The summed E-state index contributed by atoms with van der Waals surface area (Å²) in [5.74, 6) is 0. The molecule has 0 saturated heterocycles. The Kier molecular flexibility index (Phi) is 67.1. The van der Waals surface area contributed by atoms with Gasteiger partial charge in [0.2, 0.25) is 0 Å². The fourth-order valence-corrected chi connectivity index (χ4v) is 1.03. The summed E-state index contributed by atoms with van der Waals surface area (Å²) < 4.78 is 43.5. The van der Waals surface area contributed by atoms with Crippen LogP contribution in [0.15, 0.2) is 30.3 Å². The van der Waals surface area contributed by atoms with Gasteiger partial charge in [-0.3, -0.25) is 0 Å². The first-order chi connectivity index (χ1) is 9.84. The Labute approximate surface area is 128 Å². The summed E-state index contributed by atoms with van der Waals surface area (Å²) in [4.78, 5) is 0. The predicted molar refractivity (Wildman–Crippen MR) is 57.2 cm³/mol. The van der Waals surface area contributed by atoms with Gasteiger partial charge in [0, 0.05) is 0 Å². The first-order valence-corrected chi connectivity index (χ1v) is 5.00. The van der Waals surface area contributed by atoms with E-state index in [-0.39, 0.29) is 0 Å². The van der Waals surface area contributed by atoms with Crippen molar-refractivity contribution in [2.75, 3.05) is 7.11 Å². The van der Waals surface area contributed by atoms with Crippen LogP contribution in [0.3, 0.4) is 0 Å². The topological polar surface area (TPSA) is 109 Å². The molecule has 0 amide bonds. The van der Waals surface area contributed by atoms with E-state index < -0.39 is 0 Å². The molecule has 0 heterocycles. The van der Waals surface area contributed by atoms with Crippen molar-refractivity contribution in [1.29, 1.82) is 0 Å². The molecule has 0 atom stereocenters. The molecule has 0 aliphatic carbocycles. The van der Waals surface area contributed by atoms with Crippen LogP contribution in [0, 0.1) is 33.3 Å². The summed E-state index contributed by atoms with van der Waals surface area (Å²) in [7, 11) is 1.69. The summed E-state index contributed by atoms with van der Waals surface area (Å²) in [6.45, 7) is 22.5. The zero-order chi connectivity index (χ0) is 17.4. The van der Waals surface area contributed by atoms with E-state index in [0.717, 1.165) is 9.65 Å². The molecule has 0 aliphatic rings. The van der Waals surface area contributed by atoms with E-state index in [1.165, 1.54) is 0 Å². The van der Waals surface area contributed by atoms with Gasteiger partial charge in [-0.25, -0.2) is 0 Å². The molecule has 0 bridgehead atoms. The molecule has 0 unspecified atom stereocenters. The van der Waals surface area contributed by atoms with Gasteiger partial charge in [0.05, 0.1) is 0 Å². The molecule has 20 heavy (non-hydrogen) atoms. The number of ether oxygens (including phenoxy) is 1. The van der Waals surface area contributed by atoms with Crippen molar-refractivity contribution in [1.82, 2.24) is 0 Å². The van der Waals surface area contributed by atoms with Gasteiger partial charge < -0.3 is 0 Å². The van der Waals surface area contributed by atoms with E-state index in [9.17, 15) is 0 Å². The van der Waals surface area contributed by atoms with Gasteiger partial charge in [-0.15, -0.1) is 0 Å². The van der Waals surface area contributed by atoms with E-state index in [2.05, 4.69) is 33.3 Å². The molecule has 0 aromatic heterocycles.